The zero-order valence-corrected chi connectivity index (χ0v) is 14.9. The van der Waals surface area contributed by atoms with E-state index in [0.29, 0.717) is 11.5 Å². The van der Waals surface area contributed by atoms with Crippen LogP contribution < -0.4 is 5.32 Å². The molecule has 2 heterocycles. The van der Waals surface area contributed by atoms with Gasteiger partial charge < -0.3 is 9.84 Å². The number of benzene rings is 2. The molecule has 1 aromatic heterocycles. The van der Waals surface area contributed by atoms with E-state index in [1.54, 1.807) is 20.8 Å². The molecule has 1 atom stereocenters. The molecule has 6 heteroatoms. The second-order valence-electron chi connectivity index (χ2n) is 6.81. The number of imide groups is 1. The van der Waals surface area contributed by atoms with E-state index in [4.69, 9.17) is 4.52 Å². The lowest BCUT2D eigenvalue weighted by Gasteiger charge is -2.22. The Morgan fingerprint density at radius 2 is 1.85 bits per heavy atom. The zero-order valence-electron chi connectivity index (χ0n) is 14.9. The molecule has 2 aromatic carbocycles. The number of fused-ring (bicyclic) bond motifs is 1. The Morgan fingerprint density at radius 1 is 1.12 bits per heavy atom. The van der Waals surface area contributed by atoms with Crippen molar-refractivity contribution in [2.45, 2.75) is 32.9 Å². The maximum Gasteiger partial charge on any atom is 0.325 e. The van der Waals surface area contributed by atoms with Crippen molar-refractivity contribution in [3.05, 3.63) is 65.0 Å². The molecule has 26 heavy (non-hydrogen) atoms. The number of hydrogen-bond donors (Lipinski definition) is 1. The van der Waals surface area contributed by atoms with E-state index in [-0.39, 0.29) is 12.5 Å². The van der Waals surface area contributed by atoms with Crippen LogP contribution in [-0.2, 0) is 16.9 Å². The number of hydrogen-bond acceptors (Lipinski definition) is 4. The first-order chi connectivity index (χ1) is 12.4. The number of rotatable bonds is 3. The van der Waals surface area contributed by atoms with E-state index in [9.17, 15) is 9.59 Å². The summed E-state index contributed by atoms with van der Waals surface area (Å²) in [4.78, 5) is 26.9. The fourth-order valence-corrected chi connectivity index (χ4v) is 3.42. The van der Waals surface area contributed by atoms with E-state index in [1.165, 1.54) is 4.90 Å². The Labute approximate surface area is 150 Å². The van der Waals surface area contributed by atoms with E-state index in [2.05, 4.69) is 10.5 Å². The molecule has 132 valence electrons. The van der Waals surface area contributed by atoms with Gasteiger partial charge in [-0.1, -0.05) is 41.6 Å². The predicted octanol–water partition coefficient (Wildman–Crippen LogP) is 3.41. The third kappa shape index (κ3) is 2.37. The second-order valence-corrected chi connectivity index (χ2v) is 6.81. The number of aryl methyl sites for hydroxylation is 2. The predicted molar refractivity (Wildman–Crippen MR) is 96.4 cm³/mol. The van der Waals surface area contributed by atoms with Crippen molar-refractivity contribution in [3.8, 4) is 0 Å². The molecule has 1 N–H and O–H groups in total. The SMILES string of the molecule is Cc1noc(C)c1CN1C(=O)N[C@](C)(c2ccc3ccccc3c2)C1=O. The molecule has 0 unspecified atom stereocenters. The molecular weight excluding hydrogens is 330 g/mol. The van der Waals surface area contributed by atoms with Gasteiger partial charge in [0, 0.05) is 5.56 Å². The van der Waals surface area contributed by atoms with Crippen LogP contribution in [0.2, 0.25) is 0 Å². The lowest BCUT2D eigenvalue weighted by Crippen LogP contribution is -2.40. The van der Waals surface area contributed by atoms with Gasteiger partial charge in [0.15, 0.2) is 0 Å². The van der Waals surface area contributed by atoms with E-state index in [1.807, 2.05) is 42.5 Å². The van der Waals surface area contributed by atoms with Crippen molar-refractivity contribution >= 4 is 22.7 Å². The average molecular weight is 349 g/mol. The smallest absolute Gasteiger partial charge is 0.325 e. The highest BCUT2D eigenvalue weighted by molar-refractivity contribution is 6.07. The van der Waals surface area contributed by atoms with Crippen molar-refractivity contribution < 1.29 is 14.1 Å². The summed E-state index contributed by atoms with van der Waals surface area (Å²) in [5.74, 6) is 0.334. The number of amides is 3. The zero-order chi connectivity index (χ0) is 18.5. The first kappa shape index (κ1) is 16.3. The van der Waals surface area contributed by atoms with Gasteiger partial charge in [-0.15, -0.1) is 0 Å². The van der Waals surface area contributed by atoms with Crippen LogP contribution in [-0.4, -0.2) is 22.0 Å². The minimum absolute atomic E-state index is 0.148. The molecule has 0 saturated carbocycles. The number of nitrogens with zero attached hydrogens (tertiary/aromatic N) is 2. The third-order valence-electron chi connectivity index (χ3n) is 5.10. The van der Waals surface area contributed by atoms with Gasteiger partial charge in [-0.25, -0.2) is 4.79 Å². The van der Waals surface area contributed by atoms with Gasteiger partial charge in [0.25, 0.3) is 5.91 Å². The molecule has 1 aliphatic heterocycles. The van der Waals surface area contributed by atoms with Gasteiger partial charge in [-0.3, -0.25) is 9.69 Å². The standard InChI is InChI=1S/C20H19N3O3/c1-12-17(13(2)26-22-12)11-23-18(24)20(3,21-19(23)25)16-9-8-14-6-4-5-7-15(14)10-16/h4-10H,11H2,1-3H3,(H,21,25)/t20-/m1/s1. The third-order valence-corrected chi connectivity index (χ3v) is 5.10. The highest BCUT2D eigenvalue weighted by Gasteiger charge is 2.49. The topological polar surface area (TPSA) is 75.4 Å². The molecule has 1 fully saturated rings. The highest BCUT2D eigenvalue weighted by Crippen LogP contribution is 2.32. The van der Waals surface area contributed by atoms with Crippen LogP contribution >= 0.6 is 0 Å². The molecule has 6 nitrogen and oxygen atoms in total. The summed E-state index contributed by atoms with van der Waals surface area (Å²) in [5, 5.41) is 8.85. The van der Waals surface area contributed by atoms with Gasteiger partial charge in [-0.2, -0.15) is 0 Å². The maximum absolute atomic E-state index is 13.1. The number of nitrogens with one attached hydrogen (secondary N) is 1. The van der Waals surface area contributed by atoms with Gasteiger partial charge >= 0.3 is 6.03 Å². The summed E-state index contributed by atoms with van der Waals surface area (Å²) in [6.45, 7) is 5.46. The Balaban J connectivity index is 1.70. The summed E-state index contributed by atoms with van der Waals surface area (Å²) >= 11 is 0. The first-order valence-electron chi connectivity index (χ1n) is 8.45. The van der Waals surface area contributed by atoms with Gasteiger partial charge in [0.1, 0.15) is 11.3 Å². The van der Waals surface area contributed by atoms with Gasteiger partial charge in [0.2, 0.25) is 0 Å². The van der Waals surface area contributed by atoms with Crippen molar-refractivity contribution in [2.75, 3.05) is 0 Å². The molecule has 0 bridgehead atoms. The van der Waals surface area contributed by atoms with Crippen molar-refractivity contribution in [2.24, 2.45) is 0 Å². The van der Waals surface area contributed by atoms with Crippen molar-refractivity contribution in [3.63, 3.8) is 0 Å². The highest BCUT2D eigenvalue weighted by atomic mass is 16.5. The van der Waals surface area contributed by atoms with Crippen LogP contribution in [0, 0.1) is 13.8 Å². The van der Waals surface area contributed by atoms with Crippen LogP contribution in [0.25, 0.3) is 10.8 Å². The summed E-state index contributed by atoms with van der Waals surface area (Å²) < 4.78 is 5.14. The second kappa shape index (κ2) is 5.69. The number of carbonyl (C=O) groups excluding carboxylic acids is 2. The number of aromatic nitrogens is 1. The molecule has 4 rings (SSSR count). The van der Waals surface area contributed by atoms with Crippen LogP contribution in [0.1, 0.15) is 29.5 Å². The number of carbonyl (C=O) groups is 2. The Morgan fingerprint density at radius 3 is 2.54 bits per heavy atom. The molecule has 0 aliphatic carbocycles. The van der Waals surface area contributed by atoms with E-state index < -0.39 is 11.6 Å². The average Bonchev–Trinajstić information content (AvgIpc) is 3.07. The van der Waals surface area contributed by atoms with Crippen LogP contribution in [0.5, 0.6) is 0 Å². The van der Waals surface area contributed by atoms with Gasteiger partial charge in [0.05, 0.1) is 12.2 Å². The van der Waals surface area contributed by atoms with Crippen LogP contribution in [0.15, 0.2) is 47.0 Å². The Kier molecular flexibility index (Phi) is 3.57. The quantitative estimate of drug-likeness (QED) is 0.735. The molecule has 0 radical (unpaired) electrons. The molecule has 0 spiro atoms. The Bertz CT molecular complexity index is 1020. The van der Waals surface area contributed by atoms with Gasteiger partial charge in [-0.05, 0) is 43.2 Å². The fourth-order valence-electron chi connectivity index (χ4n) is 3.42. The summed E-state index contributed by atoms with van der Waals surface area (Å²) in [6.07, 6.45) is 0. The minimum atomic E-state index is -1.10. The van der Waals surface area contributed by atoms with Crippen LogP contribution in [0.3, 0.4) is 0 Å². The monoisotopic (exact) mass is 349 g/mol. The first-order valence-corrected chi connectivity index (χ1v) is 8.45. The Hall–Kier alpha value is -3.15. The van der Waals surface area contributed by atoms with E-state index in [0.717, 1.165) is 21.9 Å². The molecule has 1 aliphatic rings. The fraction of sp³-hybridized carbons (Fsp3) is 0.250. The van der Waals surface area contributed by atoms with Crippen LogP contribution in [0.4, 0.5) is 4.79 Å². The molecular formula is C20H19N3O3. The maximum atomic E-state index is 13.1. The lowest BCUT2D eigenvalue weighted by atomic mass is 9.90. The summed E-state index contributed by atoms with van der Waals surface area (Å²) in [6, 6.07) is 13.3. The normalized spacial score (nSPS) is 20.0. The molecule has 1 saturated heterocycles. The largest absolute Gasteiger partial charge is 0.361 e. The lowest BCUT2D eigenvalue weighted by molar-refractivity contribution is -0.131. The van der Waals surface area contributed by atoms with E-state index >= 15 is 0 Å². The van der Waals surface area contributed by atoms with Crippen molar-refractivity contribution in [1.82, 2.24) is 15.4 Å². The molecule has 3 amide bonds. The molecule has 3 aromatic rings. The number of urea groups is 1. The summed E-state index contributed by atoms with van der Waals surface area (Å²) in [7, 11) is 0. The minimum Gasteiger partial charge on any atom is -0.361 e. The van der Waals surface area contributed by atoms with Crippen molar-refractivity contribution in [1.29, 1.82) is 0 Å². The summed E-state index contributed by atoms with van der Waals surface area (Å²) in [5.41, 5.74) is 1.11.